The second-order valence-electron chi connectivity index (χ2n) is 5.48. The highest BCUT2D eigenvalue weighted by atomic mass is 19.2. The summed E-state index contributed by atoms with van der Waals surface area (Å²) in [6.07, 6.45) is 0. The van der Waals surface area contributed by atoms with E-state index in [1.54, 1.807) is 9.80 Å². The zero-order valence-corrected chi connectivity index (χ0v) is 12.6. The minimum Gasteiger partial charge on any atom is -0.366 e. The van der Waals surface area contributed by atoms with Gasteiger partial charge in [0.25, 0.3) is 5.91 Å². The third-order valence-corrected chi connectivity index (χ3v) is 4.01. The number of amides is 1. The topological polar surface area (TPSA) is 23.6 Å². The van der Waals surface area contributed by atoms with Crippen LogP contribution in [0.1, 0.15) is 10.4 Å². The van der Waals surface area contributed by atoms with E-state index in [0.29, 0.717) is 18.7 Å². The van der Waals surface area contributed by atoms with Crippen LogP contribution < -0.4 is 4.90 Å². The Labute approximate surface area is 136 Å². The van der Waals surface area contributed by atoms with E-state index in [0.717, 1.165) is 6.07 Å². The lowest BCUT2D eigenvalue weighted by Crippen LogP contribution is -2.49. The minimum atomic E-state index is -1.50. The summed E-state index contributed by atoms with van der Waals surface area (Å²) in [5.41, 5.74) is 0.339. The molecule has 1 heterocycles. The van der Waals surface area contributed by atoms with Gasteiger partial charge in [-0.25, -0.2) is 17.6 Å². The van der Waals surface area contributed by atoms with E-state index in [4.69, 9.17) is 0 Å². The molecular weight excluding hydrogens is 324 g/mol. The molecule has 2 aromatic carbocycles. The van der Waals surface area contributed by atoms with Gasteiger partial charge in [-0.15, -0.1) is 0 Å². The van der Waals surface area contributed by atoms with Gasteiger partial charge in [0.2, 0.25) is 0 Å². The summed E-state index contributed by atoms with van der Waals surface area (Å²) in [7, 11) is 0. The van der Waals surface area contributed by atoms with Crippen LogP contribution in [0, 0.1) is 23.3 Å². The van der Waals surface area contributed by atoms with Crippen LogP contribution in [-0.4, -0.2) is 37.0 Å². The summed E-state index contributed by atoms with van der Waals surface area (Å²) in [5, 5.41) is 0. The fourth-order valence-electron chi connectivity index (χ4n) is 2.69. The predicted molar refractivity (Wildman–Crippen MR) is 80.8 cm³/mol. The molecule has 0 radical (unpaired) electrons. The summed E-state index contributed by atoms with van der Waals surface area (Å²) in [4.78, 5) is 15.4. The maximum absolute atomic E-state index is 13.8. The summed E-state index contributed by atoms with van der Waals surface area (Å²) in [6.45, 7) is 1.17. The average Bonchev–Trinajstić information content (AvgIpc) is 2.60. The molecule has 1 aliphatic rings. The van der Waals surface area contributed by atoms with Crippen LogP contribution in [0.15, 0.2) is 36.4 Å². The van der Waals surface area contributed by atoms with Crippen molar-refractivity contribution in [1.29, 1.82) is 0 Å². The number of rotatable bonds is 2. The first kappa shape index (κ1) is 16.3. The molecule has 0 bridgehead atoms. The van der Waals surface area contributed by atoms with Crippen molar-refractivity contribution < 1.29 is 22.4 Å². The Balaban J connectivity index is 1.69. The molecule has 24 heavy (non-hydrogen) atoms. The van der Waals surface area contributed by atoms with Crippen LogP contribution in [0.2, 0.25) is 0 Å². The third-order valence-electron chi connectivity index (χ3n) is 4.01. The van der Waals surface area contributed by atoms with Crippen LogP contribution in [0.25, 0.3) is 0 Å². The van der Waals surface area contributed by atoms with E-state index in [1.165, 1.54) is 30.3 Å². The molecule has 1 aliphatic heterocycles. The molecule has 1 amide bonds. The molecule has 0 atom stereocenters. The van der Waals surface area contributed by atoms with Crippen LogP contribution in [0.4, 0.5) is 23.2 Å². The van der Waals surface area contributed by atoms with Gasteiger partial charge in [0.1, 0.15) is 5.82 Å². The van der Waals surface area contributed by atoms with Gasteiger partial charge in [0.05, 0.1) is 5.69 Å². The van der Waals surface area contributed by atoms with Gasteiger partial charge in [-0.05, 0) is 36.4 Å². The van der Waals surface area contributed by atoms with E-state index in [-0.39, 0.29) is 24.7 Å². The Hall–Kier alpha value is -2.57. The van der Waals surface area contributed by atoms with E-state index in [1.807, 2.05) is 0 Å². The number of nitrogens with zero attached hydrogens (tertiary/aromatic N) is 2. The first-order valence-electron chi connectivity index (χ1n) is 7.40. The van der Waals surface area contributed by atoms with Gasteiger partial charge >= 0.3 is 0 Å². The fraction of sp³-hybridized carbons (Fsp3) is 0.235. The lowest BCUT2D eigenvalue weighted by molar-refractivity contribution is 0.0746. The Bertz CT molecular complexity index is 756. The minimum absolute atomic E-state index is 0.0252. The molecule has 0 saturated carbocycles. The maximum Gasteiger partial charge on any atom is 0.253 e. The number of halogens is 4. The molecule has 126 valence electrons. The summed E-state index contributed by atoms with van der Waals surface area (Å²) in [6, 6.07) is 7.29. The maximum atomic E-state index is 13.8. The average molecular weight is 338 g/mol. The zero-order chi connectivity index (χ0) is 17.3. The molecule has 3 nitrogen and oxygen atoms in total. The van der Waals surface area contributed by atoms with Crippen molar-refractivity contribution in [2.24, 2.45) is 0 Å². The fourth-order valence-corrected chi connectivity index (χ4v) is 2.69. The van der Waals surface area contributed by atoms with Gasteiger partial charge in [0.15, 0.2) is 17.5 Å². The lowest BCUT2D eigenvalue weighted by Gasteiger charge is -2.36. The number of benzene rings is 2. The number of carbonyl (C=O) groups excluding carboxylic acids is 1. The number of hydrogen-bond donors (Lipinski definition) is 0. The molecule has 0 unspecified atom stereocenters. The molecule has 2 aromatic rings. The molecule has 7 heteroatoms. The van der Waals surface area contributed by atoms with Crippen LogP contribution in [0.5, 0.6) is 0 Å². The first-order chi connectivity index (χ1) is 11.5. The van der Waals surface area contributed by atoms with Crippen molar-refractivity contribution in [3.63, 3.8) is 0 Å². The number of anilines is 1. The molecule has 0 aromatic heterocycles. The highest BCUT2D eigenvalue weighted by molar-refractivity contribution is 5.94. The van der Waals surface area contributed by atoms with E-state index in [9.17, 15) is 22.4 Å². The van der Waals surface area contributed by atoms with Crippen LogP contribution >= 0.6 is 0 Å². The molecule has 1 saturated heterocycles. The normalized spacial score (nSPS) is 14.8. The van der Waals surface area contributed by atoms with E-state index >= 15 is 0 Å². The van der Waals surface area contributed by atoms with E-state index < -0.39 is 23.3 Å². The zero-order valence-electron chi connectivity index (χ0n) is 12.6. The number of hydrogen-bond acceptors (Lipinski definition) is 2. The number of piperazine rings is 1. The predicted octanol–water partition coefficient (Wildman–Crippen LogP) is 3.21. The molecule has 0 aliphatic carbocycles. The van der Waals surface area contributed by atoms with E-state index in [2.05, 4.69) is 0 Å². The second kappa shape index (κ2) is 6.51. The quantitative estimate of drug-likeness (QED) is 0.620. The monoisotopic (exact) mass is 338 g/mol. The largest absolute Gasteiger partial charge is 0.366 e. The van der Waals surface area contributed by atoms with Crippen molar-refractivity contribution in [1.82, 2.24) is 4.90 Å². The molecule has 3 rings (SSSR count). The second-order valence-corrected chi connectivity index (χ2v) is 5.48. The molecule has 0 spiro atoms. The standard InChI is InChI=1S/C17H14F4N2O/c18-12-3-1-11(2-4-12)17(24)23-9-7-22(8-10-23)14-6-5-13(19)15(20)16(14)21/h1-6H,7-10H2. The van der Waals surface area contributed by atoms with Crippen molar-refractivity contribution in [3.05, 3.63) is 65.2 Å². The highest BCUT2D eigenvalue weighted by Gasteiger charge is 2.25. The third kappa shape index (κ3) is 3.06. The van der Waals surface area contributed by atoms with Gasteiger partial charge in [-0.3, -0.25) is 4.79 Å². The Morgan fingerprint density at radius 3 is 2.04 bits per heavy atom. The van der Waals surface area contributed by atoms with Gasteiger partial charge < -0.3 is 9.80 Å². The summed E-state index contributed by atoms with van der Waals surface area (Å²) >= 11 is 0. The van der Waals surface area contributed by atoms with Crippen LogP contribution in [0.3, 0.4) is 0 Å². The number of carbonyl (C=O) groups is 1. The molecule has 1 fully saturated rings. The Kier molecular flexibility index (Phi) is 4.42. The Morgan fingerprint density at radius 1 is 0.792 bits per heavy atom. The van der Waals surface area contributed by atoms with Crippen molar-refractivity contribution in [2.45, 2.75) is 0 Å². The summed E-state index contributed by atoms with van der Waals surface area (Å²) in [5.74, 6) is -4.64. The molecular formula is C17H14F4N2O. The van der Waals surface area contributed by atoms with Crippen molar-refractivity contribution >= 4 is 11.6 Å². The summed E-state index contributed by atoms with van der Waals surface area (Å²) < 4.78 is 53.1. The van der Waals surface area contributed by atoms with Gasteiger partial charge in [-0.2, -0.15) is 0 Å². The lowest BCUT2D eigenvalue weighted by atomic mass is 10.1. The smallest absolute Gasteiger partial charge is 0.253 e. The highest BCUT2D eigenvalue weighted by Crippen LogP contribution is 2.25. The first-order valence-corrected chi connectivity index (χ1v) is 7.40. The van der Waals surface area contributed by atoms with Crippen LogP contribution in [-0.2, 0) is 0 Å². The van der Waals surface area contributed by atoms with Gasteiger partial charge in [0, 0.05) is 31.7 Å². The van der Waals surface area contributed by atoms with Gasteiger partial charge in [-0.1, -0.05) is 0 Å². The molecule has 0 N–H and O–H groups in total. The van der Waals surface area contributed by atoms with Crippen molar-refractivity contribution in [2.75, 3.05) is 31.1 Å². The van der Waals surface area contributed by atoms with Crippen molar-refractivity contribution in [3.8, 4) is 0 Å². The Morgan fingerprint density at radius 2 is 1.42 bits per heavy atom. The SMILES string of the molecule is O=C(c1ccc(F)cc1)N1CCN(c2ccc(F)c(F)c2F)CC1.